The predicted molar refractivity (Wildman–Crippen MR) is 90.8 cm³/mol. The number of amides is 5. The van der Waals surface area contributed by atoms with Gasteiger partial charge < -0.3 is 20.3 Å². The van der Waals surface area contributed by atoms with Crippen LogP contribution in [0.3, 0.4) is 0 Å². The molecule has 2 rings (SSSR count). The third-order valence-corrected chi connectivity index (χ3v) is 3.95. The van der Waals surface area contributed by atoms with Gasteiger partial charge >= 0.3 is 17.8 Å². The largest absolute Gasteiger partial charge is 0.341 e. The molecule has 1 atom stereocenters. The van der Waals surface area contributed by atoms with E-state index in [0.717, 1.165) is 4.90 Å². The van der Waals surface area contributed by atoms with Crippen LogP contribution in [0.2, 0.25) is 0 Å². The molecule has 1 heterocycles. The normalized spacial score (nSPS) is 15.4. The quantitative estimate of drug-likeness (QED) is 0.521. The molecule has 9 heteroatoms. The van der Waals surface area contributed by atoms with Crippen LogP contribution >= 0.6 is 0 Å². The van der Waals surface area contributed by atoms with Crippen molar-refractivity contribution >= 4 is 30.0 Å². The van der Waals surface area contributed by atoms with E-state index in [2.05, 4.69) is 10.6 Å². The number of hydrogen-bond donors (Lipinski definition) is 2. The van der Waals surface area contributed by atoms with Crippen molar-refractivity contribution in [1.29, 1.82) is 0 Å². The van der Waals surface area contributed by atoms with Crippen LogP contribution in [0.1, 0.15) is 18.5 Å². The number of carbonyl (C=O) groups excluding carboxylic acids is 5. The van der Waals surface area contributed by atoms with Crippen molar-refractivity contribution in [2.24, 2.45) is 0 Å². The number of nitrogens with zero attached hydrogens (tertiary/aromatic N) is 2. The molecule has 0 saturated carbocycles. The standard InChI is InChI=1S/C17H20N4O5/c1-2-20-8-9-21(16(25)15(20)24)17(26)18-10-14(23)19-13(11-22)12-6-4-3-5-7-12/h3-7,11,13H,2,8-10H2,1H3,(H,18,26)(H,19,23). The zero-order chi connectivity index (χ0) is 19.1. The van der Waals surface area contributed by atoms with E-state index in [-0.39, 0.29) is 13.1 Å². The number of nitrogens with one attached hydrogen (secondary N) is 2. The molecule has 1 aromatic carbocycles. The SMILES string of the molecule is CCN1CCN(C(=O)NCC(=O)NC(C=O)c2ccccc2)C(=O)C1=O. The van der Waals surface area contributed by atoms with Crippen LogP contribution < -0.4 is 10.6 Å². The average molecular weight is 360 g/mol. The number of likely N-dealkylation sites (N-methyl/N-ethyl adjacent to an activating group) is 1. The number of benzene rings is 1. The zero-order valence-electron chi connectivity index (χ0n) is 14.3. The lowest BCUT2D eigenvalue weighted by Gasteiger charge is -2.31. The summed E-state index contributed by atoms with van der Waals surface area (Å²) in [6.45, 7) is 2.01. The summed E-state index contributed by atoms with van der Waals surface area (Å²) in [6, 6.07) is 6.97. The number of imide groups is 1. The number of urea groups is 1. The molecule has 0 aliphatic carbocycles. The van der Waals surface area contributed by atoms with Crippen molar-refractivity contribution in [2.45, 2.75) is 13.0 Å². The molecule has 1 aliphatic heterocycles. The fourth-order valence-corrected chi connectivity index (χ4v) is 2.50. The lowest BCUT2D eigenvalue weighted by molar-refractivity contribution is -0.153. The summed E-state index contributed by atoms with van der Waals surface area (Å²) in [6.07, 6.45) is 0.585. The third-order valence-electron chi connectivity index (χ3n) is 3.95. The van der Waals surface area contributed by atoms with Crippen LogP contribution in [-0.4, -0.2) is 66.0 Å². The van der Waals surface area contributed by atoms with E-state index in [9.17, 15) is 24.0 Å². The van der Waals surface area contributed by atoms with E-state index >= 15 is 0 Å². The Morgan fingerprint density at radius 1 is 1.15 bits per heavy atom. The fourth-order valence-electron chi connectivity index (χ4n) is 2.50. The number of carbonyl (C=O) groups is 5. The molecule has 2 N–H and O–H groups in total. The van der Waals surface area contributed by atoms with Crippen LogP contribution in [0.4, 0.5) is 4.79 Å². The molecule has 26 heavy (non-hydrogen) atoms. The minimum absolute atomic E-state index is 0.0623. The molecule has 1 unspecified atom stereocenters. The van der Waals surface area contributed by atoms with Crippen LogP contribution in [-0.2, 0) is 19.2 Å². The lowest BCUT2D eigenvalue weighted by atomic mass is 10.1. The first-order valence-corrected chi connectivity index (χ1v) is 8.16. The van der Waals surface area contributed by atoms with Gasteiger partial charge in [0.1, 0.15) is 12.3 Å². The predicted octanol–water partition coefficient (Wildman–Crippen LogP) is -0.557. The Kier molecular flexibility index (Phi) is 6.42. The van der Waals surface area contributed by atoms with Gasteiger partial charge in [-0.2, -0.15) is 0 Å². The van der Waals surface area contributed by atoms with Crippen molar-refractivity contribution in [2.75, 3.05) is 26.2 Å². The van der Waals surface area contributed by atoms with Crippen molar-refractivity contribution in [3.05, 3.63) is 35.9 Å². The van der Waals surface area contributed by atoms with Gasteiger partial charge in [0.15, 0.2) is 0 Å². The fraction of sp³-hybridized carbons (Fsp3) is 0.353. The van der Waals surface area contributed by atoms with E-state index in [1.54, 1.807) is 37.3 Å². The Morgan fingerprint density at radius 3 is 2.46 bits per heavy atom. The Balaban J connectivity index is 1.87. The average Bonchev–Trinajstić information content (AvgIpc) is 2.67. The van der Waals surface area contributed by atoms with Crippen LogP contribution in [0.5, 0.6) is 0 Å². The van der Waals surface area contributed by atoms with Crippen molar-refractivity contribution < 1.29 is 24.0 Å². The van der Waals surface area contributed by atoms with Gasteiger partial charge in [0.2, 0.25) is 5.91 Å². The number of hydrogen-bond acceptors (Lipinski definition) is 5. The monoisotopic (exact) mass is 360 g/mol. The molecular formula is C17H20N4O5. The Morgan fingerprint density at radius 2 is 1.85 bits per heavy atom. The smallest absolute Gasteiger partial charge is 0.325 e. The summed E-state index contributed by atoms with van der Waals surface area (Å²) in [4.78, 5) is 61.0. The van der Waals surface area contributed by atoms with Crippen molar-refractivity contribution in [3.8, 4) is 0 Å². The summed E-state index contributed by atoms with van der Waals surface area (Å²) in [7, 11) is 0. The van der Waals surface area contributed by atoms with E-state index in [4.69, 9.17) is 0 Å². The summed E-state index contributed by atoms with van der Waals surface area (Å²) >= 11 is 0. The van der Waals surface area contributed by atoms with Crippen LogP contribution in [0, 0.1) is 0 Å². The Hall–Kier alpha value is -3.23. The number of aldehydes is 1. The second kappa shape index (κ2) is 8.75. The molecule has 0 radical (unpaired) electrons. The molecule has 0 spiro atoms. The van der Waals surface area contributed by atoms with Gasteiger partial charge in [-0.15, -0.1) is 0 Å². The maximum atomic E-state index is 12.1. The van der Waals surface area contributed by atoms with E-state index in [1.165, 1.54) is 4.90 Å². The second-order valence-corrected chi connectivity index (χ2v) is 5.59. The highest BCUT2D eigenvalue weighted by Gasteiger charge is 2.35. The second-order valence-electron chi connectivity index (χ2n) is 5.59. The summed E-state index contributed by atoms with van der Waals surface area (Å²) < 4.78 is 0. The van der Waals surface area contributed by atoms with Crippen LogP contribution in [0.25, 0.3) is 0 Å². The maximum absolute atomic E-state index is 12.1. The molecule has 0 aromatic heterocycles. The molecule has 5 amide bonds. The number of piperazine rings is 1. The Labute approximate surface area is 150 Å². The Bertz CT molecular complexity index is 706. The first-order valence-electron chi connectivity index (χ1n) is 8.16. The molecular weight excluding hydrogens is 340 g/mol. The van der Waals surface area contributed by atoms with Crippen molar-refractivity contribution in [1.82, 2.24) is 20.4 Å². The zero-order valence-corrected chi connectivity index (χ0v) is 14.3. The summed E-state index contributed by atoms with van der Waals surface area (Å²) in [5, 5.41) is 4.76. The first kappa shape index (κ1) is 19.1. The van der Waals surface area contributed by atoms with Gasteiger partial charge in [-0.3, -0.25) is 19.3 Å². The molecule has 1 aromatic rings. The molecule has 1 saturated heterocycles. The molecule has 0 bridgehead atoms. The first-order chi connectivity index (χ1) is 12.5. The minimum atomic E-state index is -0.925. The maximum Gasteiger partial charge on any atom is 0.325 e. The molecule has 1 fully saturated rings. The van der Waals surface area contributed by atoms with Crippen molar-refractivity contribution in [3.63, 3.8) is 0 Å². The van der Waals surface area contributed by atoms with Gasteiger partial charge in [-0.1, -0.05) is 30.3 Å². The summed E-state index contributed by atoms with van der Waals surface area (Å²) in [5.74, 6) is -2.26. The highest BCUT2D eigenvalue weighted by molar-refractivity contribution is 6.38. The van der Waals surface area contributed by atoms with E-state index < -0.39 is 36.3 Å². The molecule has 9 nitrogen and oxygen atoms in total. The van der Waals surface area contributed by atoms with Crippen LogP contribution in [0.15, 0.2) is 30.3 Å². The van der Waals surface area contributed by atoms with E-state index in [1.807, 2.05) is 0 Å². The van der Waals surface area contributed by atoms with Gasteiger partial charge in [0.05, 0.1) is 6.54 Å². The minimum Gasteiger partial charge on any atom is -0.341 e. The summed E-state index contributed by atoms with van der Waals surface area (Å²) in [5.41, 5.74) is 0.610. The number of rotatable bonds is 6. The van der Waals surface area contributed by atoms with Gasteiger partial charge in [0, 0.05) is 19.6 Å². The molecule has 138 valence electrons. The van der Waals surface area contributed by atoms with Gasteiger partial charge in [-0.25, -0.2) is 4.79 Å². The lowest BCUT2D eigenvalue weighted by Crippen LogP contribution is -2.58. The topological polar surface area (TPSA) is 116 Å². The molecule has 1 aliphatic rings. The van der Waals surface area contributed by atoms with E-state index in [0.29, 0.717) is 18.4 Å². The third kappa shape index (κ3) is 4.44. The highest BCUT2D eigenvalue weighted by atomic mass is 16.2. The highest BCUT2D eigenvalue weighted by Crippen LogP contribution is 2.09. The van der Waals surface area contributed by atoms with Gasteiger partial charge in [0.25, 0.3) is 0 Å². The van der Waals surface area contributed by atoms with Gasteiger partial charge in [-0.05, 0) is 12.5 Å².